The molecule has 1 aromatic heterocycles. The second-order valence-electron chi connectivity index (χ2n) is 7.32. The summed E-state index contributed by atoms with van der Waals surface area (Å²) in [6.45, 7) is 7.54. The summed E-state index contributed by atoms with van der Waals surface area (Å²) >= 11 is 1.58. The molecule has 0 saturated carbocycles. The van der Waals surface area contributed by atoms with Gasteiger partial charge in [-0.15, -0.1) is 0 Å². The zero-order chi connectivity index (χ0) is 19.0. The van der Waals surface area contributed by atoms with E-state index in [1.54, 1.807) is 16.2 Å². The van der Waals surface area contributed by atoms with Crippen LogP contribution < -0.4 is 4.90 Å². The highest BCUT2D eigenvalue weighted by Gasteiger charge is 2.27. The second-order valence-corrected chi connectivity index (χ2v) is 8.33. The van der Waals surface area contributed by atoms with E-state index in [-0.39, 0.29) is 12.0 Å². The topological polar surface area (TPSA) is 42.4 Å². The van der Waals surface area contributed by atoms with Gasteiger partial charge in [-0.1, -0.05) is 29.0 Å². The number of ether oxygens (including phenoxy) is 1. The standard InChI is InChI=1S/C22H24N2O2S/c1-14-6-8-17(9-7-14)21(25)24(13-18-5-4-10-26-18)22-23-19-11-15(2)16(3)12-20(19)27-22/h6-9,11-12,18H,4-5,10,13H2,1-3H3. The molecule has 0 bridgehead atoms. The average molecular weight is 381 g/mol. The number of aromatic nitrogens is 1. The van der Waals surface area contributed by atoms with Crippen LogP contribution in [0, 0.1) is 20.8 Å². The minimum atomic E-state index is -0.0157. The van der Waals surface area contributed by atoms with Crippen LogP contribution in [0.2, 0.25) is 0 Å². The van der Waals surface area contributed by atoms with Crippen molar-refractivity contribution >= 4 is 32.6 Å². The van der Waals surface area contributed by atoms with E-state index in [1.165, 1.54) is 11.1 Å². The highest BCUT2D eigenvalue weighted by atomic mass is 32.1. The molecule has 0 N–H and O–H groups in total. The first-order valence-electron chi connectivity index (χ1n) is 9.39. The van der Waals surface area contributed by atoms with Crippen LogP contribution >= 0.6 is 11.3 Å². The van der Waals surface area contributed by atoms with Crippen LogP contribution in [-0.2, 0) is 4.74 Å². The molecule has 1 atom stereocenters. The SMILES string of the molecule is Cc1ccc(C(=O)N(CC2CCCO2)c2nc3cc(C)c(C)cc3s2)cc1. The fourth-order valence-corrected chi connectivity index (χ4v) is 4.43. The molecule has 0 spiro atoms. The molecule has 27 heavy (non-hydrogen) atoms. The van der Waals surface area contributed by atoms with Gasteiger partial charge < -0.3 is 4.74 Å². The summed E-state index contributed by atoms with van der Waals surface area (Å²) in [5.74, 6) is -0.0157. The Morgan fingerprint density at radius 1 is 1.19 bits per heavy atom. The van der Waals surface area contributed by atoms with Crippen molar-refractivity contribution in [1.29, 1.82) is 0 Å². The molecule has 4 rings (SSSR count). The van der Waals surface area contributed by atoms with Crippen molar-refractivity contribution in [1.82, 2.24) is 4.98 Å². The molecule has 1 aliphatic heterocycles. The van der Waals surface area contributed by atoms with Crippen LogP contribution in [0.3, 0.4) is 0 Å². The predicted molar refractivity (Wildman–Crippen MR) is 111 cm³/mol. The largest absolute Gasteiger partial charge is 0.376 e. The maximum absolute atomic E-state index is 13.3. The number of thiazole rings is 1. The Bertz CT molecular complexity index is 933. The van der Waals surface area contributed by atoms with E-state index >= 15 is 0 Å². The van der Waals surface area contributed by atoms with Crippen LogP contribution in [0.15, 0.2) is 36.4 Å². The van der Waals surface area contributed by atoms with Gasteiger partial charge in [0.2, 0.25) is 0 Å². The fourth-order valence-electron chi connectivity index (χ4n) is 3.38. The summed E-state index contributed by atoms with van der Waals surface area (Å²) in [5, 5.41) is 0.746. The van der Waals surface area contributed by atoms with Crippen molar-refractivity contribution in [2.45, 2.75) is 39.7 Å². The van der Waals surface area contributed by atoms with Gasteiger partial charge >= 0.3 is 0 Å². The van der Waals surface area contributed by atoms with Gasteiger partial charge in [-0.05, 0) is 69.0 Å². The van der Waals surface area contributed by atoms with Gasteiger partial charge in [-0.25, -0.2) is 4.98 Å². The molecule has 4 nitrogen and oxygen atoms in total. The van der Waals surface area contributed by atoms with E-state index in [9.17, 15) is 4.79 Å². The van der Waals surface area contributed by atoms with Crippen molar-refractivity contribution in [3.05, 3.63) is 58.7 Å². The molecule has 5 heteroatoms. The normalized spacial score (nSPS) is 16.8. The van der Waals surface area contributed by atoms with Gasteiger partial charge in [0.25, 0.3) is 5.91 Å². The maximum atomic E-state index is 13.3. The average Bonchev–Trinajstić information content (AvgIpc) is 3.30. The summed E-state index contributed by atoms with van der Waals surface area (Å²) in [4.78, 5) is 19.9. The number of benzene rings is 2. The molecule has 1 fully saturated rings. The van der Waals surface area contributed by atoms with Crippen LogP contribution in [-0.4, -0.2) is 30.1 Å². The quantitative estimate of drug-likeness (QED) is 0.636. The lowest BCUT2D eigenvalue weighted by Gasteiger charge is -2.23. The number of anilines is 1. The van der Waals surface area contributed by atoms with E-state index in [0.29, 0.717) is 12.1 Å². The lowest BCUT2D eigenvalue weighted by molar-refractivity contribution is 0.0917. The Hall–Kier alpha value is -2.24. The Kier molecular flexibility index (Phi) is 4.98. The summed E-state index contributed by atoms with van der Waals surface area (Å²) in [6, 6.07) is 12.0. The number of rotatable bonds is 4. The van der Waals surface area contributed by atoms with Gasteiger partial charge in [0.1, 0.15) is 0 Å². The summed E-state index contributed by atoms with van der Waals surface area (Å²) in [7, 11) is 0. The van der Waals surface area contributed by atoms with E-state index in [1.807, 2.05) is 31.2 Å². The molecule has 1 unspecified atom stereocenters. The number of hydrogen-bond donors (Lipinski definition) is 0. The van der Waals surface area contributed by atoms with Gasteiger partial charge in [0, 0.05) is 12.2 Å². The van der Waals surface area contributed by atoms with Crippen molar-refractivity contribution in [2.24, 2.45) is 0 Å². The maximum Gasteiger partial charge on any atom is 0.260 e. The predicted octanol–water partition coefficient (Wildman–Crippen LogP) is 5.05. The molecule has 1 saturated heterocycles. The highest BCUT2D eigenvalue weighted by molar-refractivity contribution is 7.22. The number of hydrogen-bond acceptors (Lipinski definition) is 4. The Morgan fingerprint density at radius 2 is 1.93 bits per heavy atom. The minimum absolute atomic E-state index is 0.0157. The second kappa shape index (κ2) is 7.41. The molecule has 0 radical (unpaired) electrons. The van der Waals surface area contributed by atoms with Crippen molar-refractivity contribution in [2.75, 3.05) is 18.1 Å². The number of nitrogens with zero attached hydrogens (tertiary/aromatic N) is 2. The van der Waals surface area contributed by atoms with E-state index in [0.717, 1.165) is 40.4 Å². The third-order valence-electron chi connectivity index (χ3n) is 5.18. The van der Waals surface area contributed by atoms with Crippen LogP contribution in [0.4, 0.5) is 5.13 Å². The number of aryl methyl sites for hydroxylation is 3. The molecule has 2 aromatic carbocycles. The zero-order valence-electron chi connectivity index (χ0n) is 16.0. The Morgan fingerprint density at radius 3 is 2.63 bits per heavy atom. The molecule has 2 heterocycles. The van der Waals surface area contributed by atoms with E-state index < -0.39 is 0 Å². The van der Waals surface area contributed by atoms with Crippen LogP contribution in [0.1, 0.15) is 39.9 Å². The van der Waals surface area contributed by atoms with E-state index in [2.05, 4.69) is 26.0 Å². The molecule has 0 aliphatic carbocycles. The van der Waals surface area contributed by atoms with E-state index in [4.69, 9.17) is 9.72 Å². The first kappa shape index (κ1) is 18.1. The number of fused-ring (bicyclic) bond motifs is 1. The van der Waals surface area contributed by atoms with Crippen molar-refractivity contribution in [3.63, 3.8) is 0 Å². The van der Waals surface area contributed by atoms with Gasteiger partial charge in [-0.3, -0.25) is 9.69 Å². The molecule has 1 aliphatic rings. The zero-order valence-corrected chi connectivity index (χ0v) is 16.8. The molecule has 140 valence electrons. The lowest BCUT2D eigenvalue weighted by Crippen LogP contribution is -2.37. The third-order valence-corrected chi connectivity index (χ3v) is 6.22. The molecule has 1 amide bonds. The third kappa shape index (κ3) is 3.75. The van der Waals surface area contributed by atoms with Crippen LogP contribution in [0.5, 0.6) is 0 Å². The van der Waals surface area contributed by atoms with Gasteiger partial charge in [0.05, 0.1) is 22.9 Å². The summed E-state index contributed by atoms with van der Waals surface area (Å²) in [5.41, 5.74) is 5.24. The number of carbonyl (C=O) groups excluding carboxylic acids is 1. The molecular formula is C22H24N2O2S. The highest BCUT2D eigenvalue weighted by Crippen LogP contribution is 2.32. The van der Waals surface area contributed by atoms with Crippen LogP contribution in [0.25, 0.3) is 10.2 Å². The lowest BCUT2D eigenvalue weighted by atomic mass is 10.1. The molecular weight excluding hydrogens is 356 g/mol. The summed E-state index contributed by atoms with van der Waals surface area (Å²) < 4.78 is 6.92. The Balaban J connectivity index is 1.72. The number of amides is 1. The monoisotopic (exact) mass is 380 g/mol. The van der Waals surface area contributed by atoms with Crippen molar-refractivity contribution < 1.29 is 9.53 Å². The first-order chi connectivity index (χ1) is 13.0. The Labute approximate surface area is 163 Å². The number of carbonyl (C=O) groups is 1. The molecule has 3 aromatic rings. The minimum Gasteiger partial charge on any atom is -0.376 e. The first-order valence-corrected chi connectivity index (χ1v) is 10.2. The fraction of sp³-hybridized carbons (Fsp3) is 0.364. The van der Waals surface area contributed by atoms with Gasteiger partial charge in [0.15, 0.2) is 5.13 Å². The van der Waals surface area contributed by atoms with Gasteiger partial charge in [-0.2, -0.15) is 0 Å². The summed E-state index contributed by atoms with van der Waals surface area (Å²) in [6.07, 6.45) is 2.12. The smallest absolute Gasteiger partial charge is 0.260 e. The van der Waals surface area contributed by atoms with Crippen molar-refractivity contribution in [3.8, 4) is 0 Å².